The number of benzene rings is 1. The lowest BCUT2D eigenvalue weighted by atomic mass is 10.1. The number of aryl methyl sites for hydroxylation is 1. The van der Waals surface area contributed by atoms with Crippen molar-refractivity contribution in [2.45, 2.75) is 6.92 Å². The summed E-state index contributed by atoms with van der Waals surface area (Å²) in [7, 11) is 1.89. The average molecular weight is 230 g/mol. The topological polar surface area (TPSA) is 44.1 Å². The van der Waals surface area contributed by atoms with E-state index in [2.05, 4.69) is 5.10 Å². The summed E-state index contributed by atoms with van der Waals surface area (Å²) in [6.45, 7) is 2.18. The molecule has 1 heterocycles. The Bertz CT molecular complexity index is 570. The van der Waals surface area contributed by atoms with Crippen molar-refractivity contribution in [2.24, 2.45) is 7.05 Å². The lowest BCUT2D eigenvalue weighted by Crippen LogP contribution is -1.98. The fraction of sp³-hybridized carbons (Fsp3) is 0.231. The summed E-state index contributed by atoms with van der Waals surface area (Å²) in [6.07, 6.45) is 4.99. The van der Waals surface area contributed by atoms with E-state index in [1.54, 1.807) is 17.7 Å². The molecule has 0 fully saturated rings. The molecule has 0 bridgehead atoms. The maximum absolute atomic E-state index is 11.2. The molecule has 0 aliphatic rings. The highest BCUT2D eigenvalue weighted by molar-refractivity contribution is 5.88. The van der Waals surface area contributed by atoms with Gasteiger partial charge in [0.05, 0.1) is 18.3 Å². The molecule has 1 aromatic heterocycles. The van der Waals surface area contributed by atoms with Gasteiger partial charge in [0.2, 0.25) is 0 Å². The third-order valence-electron chi connectivity index (χ3n) is 2.47. The largest absolute Gasteiger partial charge is 0.463 e. The van der Waals surface area contributed by atoms with Crippen LogP contribution in [-0.2, 0) is 16.6 Å². The van der Waals surface area contributed by atoms with Gasteiger partial charge in [0.25, 0.3) is 0 Å². The summed E-state index contributed by atoms with van der Waals surface area (Å²) in [5, 5.41) is 5.25. The molecule has 88 valence electrons. The summed E-state index contributed by atoms with van der Waals surface area (Å²) in [5.41, 5.74) is 1.99. The third kappa shape index (κ3) is 2.53. The molecular weight excluding hydrogens is 216 g/mol. The molecule has 4 heteroatoms. The molecule has 0 aliphatic carbocycles. The number of ether oxygens (including phenoxy) is 1. The highest BCUT2D eigenvalue weighted by atomic mass is 16.5. The standard InChI is InChI=1S/C13H14N2O2/c1-3-17-13(16)7-5-10-4-6-11-9-14-15(2)12(11)8-10/h4-9H,3H2,1-2H3. The molecule has 0 aliphatic heterocycles. The van der Waals surface area contributed by atoms with Crippen molar-refractivity contribution in [3.05, 3.63) is 36.0 Å². The van der Waals surface area contributed by atoms with E-state index in [-0.39, 0.29) is 5.97 Å². The molecular formula is C13H14N2O2. The Labute approximate surface area is 99.5 Å². The number of hydrogen-bond acceptors (Lipinski definition) is 3. The van der Waals surface area contributed by atoms with E-state index in [1.165, 1.54) is 6.08 Å². The summed E-state index contributed by atoms with van der Waals surface area (Å²) in [5.74, 6) is -0.322. The van der Waals surface area contributed by atoms with Crippen molar-refractivity contribution < 1.29 is 9.53 Å². The van der Waals surface area contributed by atoms with Crippen LogP contribution in [-0.4, -0.2) is 22.4 Å². The van der Waals surface area contributed by atoms with E-state index >= 15 is 0 Å². The van der Waals surface area contributed by atoms with Gasteiger partial charge >= 0.3 is 5.97 Å². The Kier molecular flexibility index (Phi) is 3.23. The minimum Gasteiger partial charge on any atom is -0.463 e. The highest BCUT2D eigenvalue weighted by Crippen LogP contribution is 2.15. The molecule has 1 aromatic carbocycles. The molecule has 2 rings (SSSR count). The molecule has 0 saturated heterocycles. The first-order chi connectivity index (χ1) is 8.20. The quantitative estimate of drug-likeness (QED) is 0.599. The van der Waals surface area contributed by atoms with Gasteiger partial charge in [-0.25, -0.2) is 4.79 Å². The molecule has 0 unspecified atom stereocenters. The SMILES string of the molecule is CCOC(=O)C=Cc1ccc2cnn(C)c2c1. The van der Waals surface area contributed by atoms with E-state index in [0.717, 1.165) is 16.5 Å². The zero-order chi connectivity index (χ0) is 12.3. The summed E-state index contributed by atoms with van der Waals surface area (Å²) in [6, 6.07) is 5.91. The first-order valence-corrected chi connectivity index (χ1v) is 5.47. The van der Waals surface area contributed by atoms with E-state index in [9.17, 15) is 4.79 Å². The summed E-state index contributed by atoms with van der Waals surface area (Å²) < 4.78 is 6.62. The predicted octanol–water partition coefficient (Wildman–Crippen LogP) is 2.15. The number of fused-ring (bicyclic) bond motifs is 1. The van der Waals surface area contributed by atoms with Crippen LogP contribution < -0.4 is 0 Å². The van der Waals surface area contributed by atoms with Crippen molar-refractivity contribution in [3.63, 3.8) is 0 Å². The van der Waals surface area contributed by atoms with Crippen LogP contribution in [0.25, 0.3) is 17.0 Å². The van der Waals surface area contributed by atoms with Crippen molar-refractivity contribution >= 4 is 22.9 Å². The number of aromatic nitrogens is 2. The summed E-state index contributed by atoms with van der Waals surface area (Å²) in [4.78, 5) is 11.2. The van der Waals surface area contributed by atoms with Crippen LogP contribution in [0.1, 0.15) is 12.5 Å². The highest BCUT2D eigenvalue weighted by Gasteiger charge is 2.00. The number of carbonyl (C=O) groups is 1. The Morgan fingerprint density at radius 2 is 2.35 bits per heavy atom. The second-order valence-corrected chi connectivity index (χ2v) is 3.67. The number of hydrogen-bond donors (Lipinski definition) is 0. The Hall–Kier alpha value is -2.10. The van der Waals surface area contributed by atoms with Crippen molar-refractivity contribution in [1.82, 2.24) is 9.78 Å². The van der Waals surface area contributed by atoms with Crippen LogP contribution in [0.3, 0.4) is 0 Å². The van der Waals surface area contributed by atoms with E-state index < -0.39 is 0 Å². The van der Waals surface area contributed by atoms with Gasteiger partial charge < -0.3 is 4.74 Å². The minimum atomic E-state index is -0.322. The molecule has 0 amide bonds. The zero-order valence-electron chi connectivity index (χ0n) is 9.88. The van der Waals surface area contributed by atoms with Gasteiger partial charge in [-0.05, 0) is 24.6 Å². The molecule has 0 N–H and O–H groups in total. The van der Waals surface area contributed by atoms with Gasteiger partial charge in [0, 0.05) is 18.5 Å². The number of rotatable bonds is 3. The maximum Gasteiger partial charge on any atom is 0.330 e. The predicted molar refractivity (Wildman–Crippen MR) is 66.4 cm³/mol. The third-order valence-corrected chi connectivity index (χ3v) is 2.47. The fourth-order valence-electron chi connectivity index (χ4n) is 1.62. The Balaban J connectivity index is 2.24. The smallest absolute Gasteiger partial charge is 0.330 e. The van der Waals surface area contributed by atoms with Gasteiger partial charge in [-0.2, -0.15) is 5.10 Å². The average Bonchev–Trinajstić information content (AvgIpc) is 2.69. The van der Waals surface area contributed by atoms with Crippen molar-refractivity contribution in [2.75, 3.05) is 6.61 Å². The number of esters is 1. The second kappa shape index (κ2) is 4.82. The van der Waals surface area contributed by atoms with E-state index in [4.69, 9.17) is 4.74 Å². The maximum atomic E-state index is 11.2. The van der Waals surface area contributed by atoms with Crippen molar-refractivity contribution in [1.29, 1.82) is 0 Å². The van der Waals surface area contributed by atoms with Crippen LogP contribution in [0, 0.1) is 0 Å². The van der Waals surface area contributed by atoms with Gasteiger partial charge in [-0.3, -0.25) is 4.68 Å². The van der Waals surface area contributed by atoms with Crippen LogP contribution in [0.5, 0.6) is 0 Å². The summed E-state index contributed by atoms with van der Waals surface area (Å²) >= 11 is 0. The second-order valence-electron chi connectivity index (χ2n) is 3.67. The van der Waals surface area contributed by atoms with Crippen molar-refractivity contribution in [3.8, 4) is 0 Å². The molecule has 0 saturated carbocycles. The van der Waals surface area contributed by atoms with Crippen LogP contribution >= 0.6 is 0 Å². The van der Waals surface area contributed by atoms with Crippen LogP contribution in [0.15, 0.2) is 30.5 Å². The van der Waals surface area contributed by atoms with Gasteiger partial charge in [0.1, 0.15) is 0 Å². The normalized spacial score (nSPS) is 11.2. The molecule has 17 heavy (non-hydrogen) atoms. The van der Waals surface area contributed by atoms with Crippen LogP contribution in [0.4, 0.5) is 0 Å². The Morgan fingerprint density at radius 3 is 3.12 bits per heavy atom. The van der Waals surface area contributed by atoms with Crippen LogP contribution in [0.2, 0.25) is 0 Å². The lowest BCUT2D eigenvalue weighted by Gasteiger charge is -1.97. The lowest BCUT2D eigenvalue weighted by molar-refractivity contribution is -0.137. The number of carbonyl (C=O) groups excluding carboxylic acids is 1. The molecule has 0 radical (unpaired) electrons. The van der Waals surface area contributed by atoms with E-state index in [0.29, 0.717) is 6.61 Å². The number of nitrogens with zero attached hydrogens (tertiary/aromatic N) is 2. The van der Waals surface area contributed by atoms with Gasteiger partial charge in [-0.15, -0.1) is 0 Å². The first-order valence-electron chi connectivity index (χ1n) is 5.47. The molecule has 0 spiro atoms. The van der Waals surface area contributed by atoms with Gasteiger partial charge in [-0.1, -0.05) is 12.1 Å². The molecule has 4 nitrogen and oxygen atoms in total. The zero-order valence-corrected chi connectivity index (χ0v) is 9.88. The minimum absolute atomic E-state index is 0.322. The molecule has 0 atom stereocenters. The fourth-order valence-corrected chi connectivity index (χ4v) is 1.62. The first kappa shape index (κ1) is 11.4. The van der Waals surface area contributed by atoms with E-state index in [1.807, 2.05) is 31.4 Å². The Morgan fingerprint density at radius 1 is 1.53 bits per heavy atom. The van der Waals surface area contributed by atoms with Gasteiger partial charge in [0.15, 0.2) is 0 Å². The molecule has 2 aromatic rings. The monoisotopic (exact) mass is 230 g/mol.